The minimum Gasteiger partial charge on any atom is -0.485 e. The summed E-state index contributed by atoms with van der Waals surface area (Å²) in [7, 11) is 3.87. The predicted molar refractivity (Wildman–Crippen MR) is 70.6 cm³/mol. The van der Waals surface area contributed by atoms with E-state index >= 15 is 0 Å². The molecule has 0 fully saturated rings. The standard InChI is InChI=1S/C13H22NO3/c1-5-7-9-17-13-10(11(15)12(13)16)14(3,4)8-6-2/h5-9H2,1-4H3/q+1. The van der Waals surface area contributed by atoms with E-state index in [1.165, 1.54) is 0 Å². The second-order valence-corrected chi connectivity index (χ2v) is 4.95. The monoisotopic (exact) mass is 240 g/mol. The Bertz CT molecular complexity index is 441. The molecule has 4 nitrogen and oxygen atoms in total. The van der Waals surface area contributed by atoms with Gasteiger partial charge in [0.1, 0.15) is 0 Å². The van der Waals surface area contributed by atoms with Crippen molar-refractivity contribution in [1.82, 2.24) is 4.48 Å². The van der Waals surface area contributed by atoms with Crippen LogP contribution in [-0.2, 0) is 0 Å². The van der Waals surface area contributed by atoms with Crippen molar-refractivity contribution in [3.05, 3.63) is 20.4 Å². The van der Waals surface area contributed by atoms with Gasteiger partial charge < -0.3 is 4.74 Å². The third kappa shape index (κ3) is 2.75. The molecular formula is C13H22NO3+. The number of hydrogen-bond acceptors (Lipinski definition) is 3. The van der Waals surface area contributed by atoms with Crippen LogP contribution in [0.2, 0.25) is 0 Å². The molecule has 0 N–H and O–H groups in total. The van der Waals surface area contributed by atoms with Gasteiger partial charge in [0, 0.05) is 0 Å². The summed E-state index contributed by atoms with van der Waals surface area (Å²) in [5, 5.41) is 0. The first-order valence-corrected chi connectivity index (χ1v) is 6.25. The molecule has 0 radical (unpaired) electrons. The molecular weight excluding hydrogens is 218 g/mol. The quantitative estimate of drug-likeness (QED) is 0.411. The Morgan fingerprint density at radius 2 is 1.71 bits per heavy atom. The van der Waals surface area contributed by atoms with Gasteiger partial charge in [-0.25, -0.2) is 0 Å². The van der Waals surface area contributed by atoms with E-state index in [1.54, 1.807) is 0 Å². The lowest BCUT2D eigenvalue weighted by molar-refractivity contribution is 0.286. The van der Waals surface area contributed by atoms with Gasteiger partial charge in [-0.1, -0.05) is 20.3 Å². The molecule has 0 aliphatic carbocycles. The van der Waals surface area contributed by atoms with E-state index in [1.807, 2.05) is 14.1 Å². The third-order valence-electron chi connectivity index (χ3n) is 2.97. The minimum atomic E-state index is -0.460. The van der Waals surface area contributed by atoms with Crippen LogP contribution in [0.3, 0.4) is 0 Å². The lowest BCUT2D eigenvalue weighted by Crippen LogP contribution is -2.51. The maximum atomic E-state index is 11.6. The summed E-state index contributed by atoms with van der Waals surface area (Å²) in [6, 6.07) is 0. The van der Waals surface area contributed by atoms with E-state index in [9.17, 15) is 9.59 Å². The molecule has 0 aliphatic rings. The second-order valence-electron chi connectivity index (χ2n) is 4.95. The normalized spacial score (nSPS) is 12.0. The van der Waals surface area contributed by atoms with Gasteiger partial charge >= 0.3 is 0 Å². The van der Waals surface area contributed by atoms with Crippen LogP contribution in [0, 0.1) is 0 Å². The maximum Gasteiger partial charge on any atom is 0.294 e. The molecule has 0 amide bonds. The zero-order valence-corrected chi connectivity index (χ0v) is 11.2. The summed E-state index contributed by atoms with van der Waals surface area (Å²) in [5.41, 5.74) is -0.304. The highest BCUT2D eigenvalue weighted by Crippen LogP contribution is 2.26. The molecule has 0 bridgehead atoms. The highest BCUT2D eigenvalue weighted by molar-refractivity contribution is 5.60. The minimum absolute atomic E-state index is 0.293. The molecule has 0 aliphatic heterocycles. The highest BCUT2D eigenvalue weighted by Gasteiger charge is 2.35. The summed E-state index contributed by atoms with van der Waals surface area (Å²) in [6.45, 7) is 5.46. The molecule has 4 heteroatoms. The molecule has 1 aromatic carbocycles. The number of nitrogens with zero attached hydrogens (tertiary/aromatic N) is 1. The Hall–Kier alpha value is -1.16. The van der Waals surface area contributed by atoms with Crippen molar-refractivity contribution in [2.24, 2.45) is 0 Å². The van der Waals surface area contributed by atoms with E-state index in [0.29, 0.717) is 22.5 Å². The summed E-state index contributed by atoms with van der Waals surface area (Å²) in [6.07, 6.45) is 2.87. The Balaban J connectivity index is 2.90. The summed E-state index contributed by atoms with van der Waals surface area (Å²) in [5.74, 6) is 0.293. The van der Waals surface area contributed by atoms with Crippen LogP contribution in [0.15, 0.2) is 9.59 Å². The van der Waals surface area contributed by atoms with Gasteiger partial charge in [0.05, 0.1) is 27.2 Å². The van der Waals surface area contributed by atoms with Crippen molar-refractivity contribution in [2.75, 3.05) is 27.2 Å². The Morgan fingerprint density at radius 3 is 2.24 bits per heavy atom. The van der Waals surface area contributed by atoms with Gasteiger partial charge in [0.2, 0.25) is 11.4 Å². The van der Waals surface area contributed by atoms with Crippen molar-refractivity contribution < 1.29 is 4.74 Å². The average Bonchev–Trinajstić information content (AvgIpc) is 2.26. The molecule has 0 unspecified atom stereocenters. The van der Waals surface area contributed by atoms with Crippen LogP contribution in [0.5, 0.6) is 5.75 Å². The van der Waals surface area contributed by atoms with Crippen molar-refractivity contribution in [3.63, 3.8) is 0 Å². The topological polar surface area (TPSA) is 43.4 Å². The van der Waals surface area contributed by atoms with E-state index in [2.05, 4.69) is 13.8 Å². The van der Waals surface area contributed by atoms with Crippen molar-refractivity contribution >= 4 is 5.69 Å². The van der Waals surface area contributed by atoms with Crippen LogP contribution in [-0.4, -0.2) is 27.2 Å². The first-order valence-electron chi connectivity index (χ1n) is 6.25. The fourth-order valence-corrected chi connectivity index (χ4v) is 2.03. The van der Waals surface area contributed by atoms with Crippen LogP contribution in [0.25, 0.3) is 0 Å². The molecule has 17 heavy (non-hydrogen) atoms. The lowest BCUT2D eigenvalue weighted by Gasteiger charge is -2.30. The van der Waals surface area contributed by atoms with E-state index < -0.39 is 5.43 Å². The molecule has 1 aromatic rings. The SMILES string of the molecule is CCCCOc1c([N+](C)(C)CCC)c(=O)c1=O. The molecule has 0 aromatic heterocycles. The predicted octanol–water partition coefficient (Wildman–Crippen LogP) is 1.44. The Morgan fingerprint density at radius 1 is 1.06 bits per heavy atom. The largest absolute Gasteiger partial charge is 0.485 e. The van der Waals surface area contributed by atoms with Gasteiger partial charge in [0.25, 0.3) is 10.9 Å². The molecule has 0 atom stereocenters. The first-order chi connectivity index (χ1) is 7.95. The maximum absolute atomic E-state index is 11.6. The van der Waals surface area contributed by atoms with Gasteiger partial charge in [-0.2, -0.15) is 0 Å². The number of hydrogen-bond donors (Lipinski definition) is 0. The van der Waals surface area contributed by atoms with E-state index in [4.69, 9.17) is 4.74 Å². The fraction of sp³-hybridized carbons (Fsp3) is 0.692. The molecule has 0 spiro atoms. The Kier molecular flexibility index (Phi) is 4.46. The van der Waals surface area contributed by atoms with Crippen LogP contribution in [0.1, 0.15) is 33.1 Å². The molecule has 96 valence electrons. The summed E-state index contributed by atoms with van der Waals surface area (Å²) >= 11 is 0. The smallest absolute Gasteiger partial charge is 0.294 e. The second kappa shape index (κ2) is 5.45. The van der Waals surface area contributed by atoms with Gasteiger partial charge in [-0.15, -0.1) is 0 Å². The molecule has 0 saturated heterocycles. The third-order valence-corrected chi connectivity index (χ3v) is 2.97. The van der Waals surface area contributed by atoms with Crippen molar-refractivity contribution in [2.45, 2.75) is 33.1 Å². The van der Waals surface area contributed by atoms with Crippen molar-refractivity contribution in [1.29, 1.82) is 0 Å². The molecule has 0 saturated carbocycles. The van der Waals surface area contributed by atoms with Gasteiger partial charge in [-0.05, 0) is 12.8 Å². The van der Waals surface area contributed by atoms with Crippen LogP contribution < -0.4 is 20.1 Å². The summed E-state index contributed by atoms with van der Waals surface area (Å²) in [4.78, 5) is 23.1. The molecule has 0 heterocycles. The number of unbranched alkanes of at least 4 members (excludes halogenated alkanes) is 1. The van der Waals surface area contributed by atoms with E-state index in [-0.39, 0.29) is 5.43 Å². The van der Waals surface area contributed by atoms with E-state index in [0.717, 1.165) is 25.8 Å². The molecule has 1 rings (SSSR count). The number of ether oxygens (including phenoxy) is 1. The lowest BCUT2D eigenvalue weighted by atomic mass is 10.1. The number of rotatable bonds is 7. The highest BCUT2D eigenvalue weighted by atomic mass is 16.5. The first kappa shape index (κ1) is 13.9. The zero-order valence-electron chi connectivity index (χ0n) is 11.2. The fourth-order valence-electron chi connectivity index (χ4n) is 2.03. The van der Waals surface area contributed by atoms with Crippen LogP contribution >= 0.6 is 0 Å². The summed E-state index contributed by atoms with van der Waals surface area (Å²) < 4.78 is 5.87. The zero-order chi connectivity index (χ0) is 13.1. The van der Waals surface area contributed by atoms with Crippen LogP contribution in [0.4, 0.5) is 5.69 Å². The number of quaternary nitrogens is 1. The Labute approximate surface area is 102 Å². The van der Waals surface area contributed by atoms with Gasteiger partial charge in [0.15, 0.2) is 0 Å². The van der Waals surface area contributed by atoms with Gasteiger partial charge in [-0.3, -0.25) is 14.1 Å². The van der Waals surface area contributed by atoms with Crippen molar-refractivity contribution in [3.8, 4) is 5.75 Å². The average molecular weight is 240 g/mol.